The molecular formula is C23H24FN3O5S2. The zero-order valence-electron chi connectivity index (χ0n) is 18.4. The molecule has 0 fully saturated rings. The van der Waals surface area contributed by atoms with Crippen molar-refractivity contribution in [2.45, 2.75) is 31.1 Å². The molecular weight excluding hydrogens is 481 g/mol. The van der Waals surface area contributed by atoms with Gasteiger partial charge in [0.2, 0.25) is 15.9 Å². The van der Waals surface area contributed by atoms with Gasteiger partial charge in [-0.3, -0.25) is 4.79 Å². The van der Waals surface area contributed by atoms with Gasteiger partial charge in [0, 0.05) is 30.5 Å². The summed E-state index contributed by atoms with van der Waals surface area (Å²) in [6.45, 7) is 1.99. The zero-order valence-corrected chi connectivity index (χ0v) is 20.0. The van der Waals surface area contributed by atoms with E-state index in [1.165, 1.54) is 47.7 Å². The summed E-state index contributed by atoms with van der Waals surface area (Å²) in [6, 6.07) is 11.6. The number of hydrogen-bond acceptors (Lipinski definition) is 7. The third kappa shape index (κ3) is 7.44. The van der Waals surface area contributed by atoms with Gasteiger partial charge in [0.25, 0.3) is 0 Å². The fraction of sp³-hybridized carbons (Fsp3) is 0.261. The second-order valence-corrected chi connectivity index (χ2v) is 10.1. The Morgan fingerprint density at radius 2 is 1.79 bits per heavy atom. The van der Waals surface area contributed by atoms with Crippen LogP contribution in [0.25, 0.3) is 0 Å². The van der Waals surface area contributed by atoms with Crippen molar-refractivity contribution in [1.82, 2.24) is 9.71 Å². The van der Waals surface area contributed by atoms with Gasteiger partial charge >= 0.3 is 5.97 Å². The van der Waals surface area contributed by atoms with E-state index in [4.69, 9.17) is 4.74 Å². The Labute approximate surface area is 201 Å². The highest BCUT2D eigenvalue weighted by Gasteiger charge is 2.15. The van der Waals surface area contributed by atoms with Gasteiger partial charge in [-0.25, -0.2) is 27.3 Å². The number of sulfonamides is 1. The number of rotatable bonds is 11. The summed E-state index contributed by atoms with van der Waals surface area (Å²) in [6.07, 6.45) is 2.64. The maximum absolute atomic E-state index is 13.0. The summed E-state index contributed by atoms with van der Waals surface area (Å²) in [5, 5.41) is 3.15. The Bertz CT molecular complexity index is 1230. The van der Waals surface area contributed by atoms with Crippen LogP contribution >= 0.6 is 11.3 Å². The number of thiazole rings is 1. The van der Waals surface area contributed by atoms with E-state index in [0.29, 0.717) is 18.0 Å². The van der Waals surface area contributed by atoms with Crippen LogP contribution in [0.3, 0.4) is 0 Å². The van der Waals surface area contributed by atoms with Gasteiger partial charge in [0.15, 0.2) is 5.13 Å². The second-order valence-electron chi connectivity index (χ2n) is 7.23. The second kappa shape index (κ2) is 11.8. The average molecular weight is 506 g/mol. The predicted octanol–water partition coefficient (Wildman–Crippen LogP) is 3.75. The lowest BCUT2D eigenvalue weighted by Crippen LogP contribution is -2.25. The topological polar surface area (TPSA) is 114 Å². The van der Waals surface area contributed by atoms with Crippen LogP contribution in [-0.2, 0) is 26.0 Å². The standard InChI is InChI=1S/C23H24FN3O5S2/c1-2-32-22(29)17-7-11-20(12-8-17)34(30,31)26-13-3-4-21(28)27-23-25-15-19(33-23)14-16-5-9-18(24)10-6-16/h5-12,15,26H,2-4,13-14H2,1H3,(H,25,27,28). The first-order chi connectivity index (χ1) is 16.3. The highest BCUT2D eigenvalue weighted by Crippen LogP contribution is 2.21. The molecule has 180 valence electrons. The molecule has 0 bridgehead atoms. The van der Waals surface area contributed by atoms with Gasteiger partial charge in [0.1, 0.15) is 5.82 Å². The lowest BCUT2D eigenvalue weighted by molar-refractivity contribution is -0.116. The van der Waals surface area contributed by atoms with Gasteiger partial charge in [-0.1, -0.05) is 12.1 Å². The first-order valence-corrected chi connectivity index (χ1v) is 12.8. The van der Waals surface area contributed by atoms with Crippen LogP contribution in [0.2, 0.25) is 0 Å². The summed E-state index contributed by atoms with van der Waals surface area (Å²) in [5.74, 6) is -1.09. The number of ether oxygens (including phenoxy) is 1. The van der Waals surface area contributed by atoms with Crippen LogP contribution in [0.4, 0.5) is 9.52 Å². The van der Waals surface area contributed by atoms with E-state index >= 15 is 0 Å². The average Bonchev–Trinajstić information content (AvgIpc) is 3.25. The minimum Gasteiger partial charge on any atom is -0.462 e. The van der Waals surface area contributed by atoms with Crippen molar-refractivity contribution >= 4 is 38.4 Å². The van der Waals surface area contributed by atoms with Crippen LogP contribution < -0.4 is 10.0 Å². The molecule has 0 saturated carbocycles. The highest BCUT2D eigenvalue weighted by molar-refractivity contribution is 7.89. The largest absolute Gasteiger partial charge is 0.462 e. The quantitative estimate of drug-likeness (QED) is 0.303. The van der Waals surface area contributed by atoms with Crippen molar-refractivity contribution in [3.8, 4) is 0 Å². The van der Waals surface area contributed by atoms with Crippen LogP contribution in [0.15, 0.2) is 59.6 Å². The molecule has 8 nitrogen and oxygen atoms in total. The number of anilines is 1. The molecule has 0 aliphatic carbocycles. The molecule has 3 rings (SSSR count). The number of carbonyl (C=O) groups is 2. The lowest BCUT2D eigenvalue weighted by atomic mass is 10.1. The summed E-state index contributed by atoms with van der Waals surface area (Å²) in [5.41, 5.74) is 1.20. The first-order valence-electron chi connectivity index (χ1n) is 10.5. The molecule has 3 aromatic rings. The molecule has 2 N–H and O–H groups in total. The van der Waals surface area contributed by atoms with Crippen LogP contribution in [0.5, 0.6) is 0 Å². The van der Waals surface area contributed by atoms with E-state index in [1.807, 2.05) is 0 Å². The molecule has 11 heteroatoms. The van der Waals surface area contributed by atoms with E-state index < -0.39 is 16.0 Å². The maximum Gasteiger partial charge on any atom is 0.338 e. The fourth-order valence-electron chi connectivity index (χ4n) is 2.96. The first kappa shape index (κ1) is 25.5. The van der Waals surface area contributed by atoms with Gasteiger partial charge in [-0.05, 0) is 55.3 Å². The molecule has 0 saturated heterocycles. The highest BCUT2D eigenvalue weighted by atomic mass is 32.2. The zero-order chi connectivity index (χ0) is 24.6. The fourth-order valence-corrected chi connectivity index (χ4v) is 4.89. The molecule has 1 heterocycles. The molecule has 34 heavy (non-hydrogen) atoms. The predicted molar refractivity (Wildman–Crippen MR) is 127 cm³/mol. The molecule has 0 radical (unpaired) electrons. The van der Waals surface area contributed by atoms with Gasteiger partial charge in [-0.2, -0.15) is 0 Å². The number of nitrogens with one attached hydrogen (secondary N) is 2. The van der Waals surface area contributed by atoms with E-state index in [1.54, 1.807) is 25.3 Å². The Morgan fingerprint density at radius 1 is 1.09 bits per heavy atom. The van der Waals surface area contributed by atoms with Gasteiger partial charge in [0.05, 0.1) is 17.1 Å². The van der Waals surface area contributed by atoms with E-state index in [2.05, 4.69) is 15.0 Å². The third-order valence-corrected chi connectivity index (χ3v) is 7.03. The monoisotopic (exact) mass is 505 g/mol. The molecule has 0 atom stereocenters. The van der Waals surface area contributed by atoms with Gasteiger partial charge < -0.3 is 10.1 Å². The lowest BCUT2D eigenvalue weighted by Gasteiger charge is -2.08. The normalized spacial score (nSPS) is 11.2. The number of nitrogens with zero attached hydrogens (tertiary/aromatic N) is 1. The Balaban J connectivity index is 1.42. The van der Waals surface area contributed by atoms with E-state index in [-0.39, 0.29) is 41.8 Å². The van der Waals surface area contributed by atoms with Crippen LogP contribution in [0, 0.1) is 5.82 Å². The van der Waals surface area contributed by atoms with Crippen molar-refractivity contribution < 1.29 is 27.1 Å². The van der Waals surface area contributed by atoms with Crippen molar-refractivity contribution in [3.05, 3.63) is 76.5 Å². The van der Waals surface area contributed by atoms with E-state index in [9.17, 15) is 22.4 Å². The number of halogens is 1. The van der Waals surface area contributed by atoms with Crippen molar-refractivity contribution in [2.24, 2.45) is 0 Å². The van der Waals surface area contributed by atoms with Crippen LogP contribution in [0.1, 0.15) is 40.6 Å². The molecule has 0 unspecified atom stereocenters. The van der Waals surface area contributed by atoms with Crippen molar-refractivity contribution in [1.29, 1.82) is 0 Å². The number of benzene rings is 2. The smallest absolute Gasteiger partial charge is 0.338 e. The molecule has 1 amide bonds. The number of esters is 1. The maximum atomic E-state index is 13.0. The summed E-state index contributed by atoms with van der Waals surface area (Å²) < 4.78 is 45.1. The number of hydrogen-bond donors (Lipinski definition) is 2. The Morgan fingerprint density at radius 3 is 2.47 bits per heavy atom. The van der Waals surface area contributed by atoms with Crippen LogP contribution in [-0.4, -0.2) is 38.4 Å². The summed E-state index contributed by atoms with van der Waals surface area (Å²) in [4.78, 5) is 28.9. The molecule has 1 aromatic heterocycles. The Kier molecular flexibility index (Phi) is 8.85. The number of carbonyl (C=O) groups excluding carboxylic acids is 2. The van der Waals surface area contributed by atoms with E-state index in [0.717, 1.165) is 10.4 Å². The van der Waals surface area contributed by atoms with Gasteiger partial charge in [-0.15, -0.1) is 11.3 Å². The molecule has 0 spiro atoms. The minimum absolute atomic E-state index is 0.0152. The number of amides is 1. The molecule has 0 aliphatic rings. The summed E-state index contributed by atoms with van der Waals surface area (Å²) >= 11 is 1.33. The molecule has 0 aliphatic heterocycles. The summed E-state index contributed by atoms with van der Waals surface area (Å²) in [7, 11) is -3.77. The number of aromatic nitrogens is 1. The van der Waals surface area contributed by atoms with Crippen molar-refractivity contribution in [3.63, 3.8) is 0 Å². The SMILES string of the molecule is CCOC(=O)c1ccc(S(=O)(=O)NCCCC(=O)Nc2ncc(Cc3ccc(F)cc3)s2)cc1. The minimum atomic E-state index is -3.77. The molecule has 2 aromatic carbocycles. The third-order valence-electron chi connectivity index (χ3n) is 4.64. The Hall–Kier alpha value is -3.15. The van der Waals surface area contributed by atoms with Crippen molar-refractivity contribution in [2.75, 3.05) is 18.5 Å².